The van der Waals surface area contributed by atoms with Crippen LogP contribution in [0.1, 0.15) is 38.0 Å². The second-order valence-corrected chi connectivity index (χ2v) is 9.65. The van der Waals surface area contributed by atoms with E-state index in [1.165, 1.54) is 4.21 Å². The van der Waals surface area contributed by atoms with Crippen LogP contribution >= 0.6 is 23.1 Å². The Bertz CT molecular complexity index is 1060. The van der Waals surface area contributed by atoms with Crippen LogP contribution in [0.5, 0.6) is 0 Å². The first-order valence-corrected chi connectivity index (χ1v) is 11.9. The van der Waals surface area contributed by atoms with Crippen LogP contribution in [0.15, 0.2) is 113 Å². The fourth-order valence-electron chi connectivity index (χ4n) is 3.55. The lowest BCUT2D eigenvalue weighted by atomic mass is 9.85. The first-order valence-electron chi connectivity index (χ1n) is 10.2. The number of ketones is 2. The normalized spacial score (nSPS) is 11.9. The Kier molecular flexibility index (Phi) is 7.13. The highest BCUT2D eigenvalue weighted by Crippen LogP contribution is 2.42. The van der Waals surface area contributed by atoms with Gasteiger partial charge in [-0.05, 0) is 23.4 Å². The van der Waals surface area contributed by atoms with Crippen molar-refractivity contribution in [3.05, 3.63) is 125 Å². The van der Waals surface area contributed by atoms with E-state index >= 15 is 0 Å². The van der Waals surface area contributed by atoms with Crippen LogP contribution in [0.25, 0.3) is 0 Å². The third-order valence-corrected chi connectivity index (χ3v) is 7.48. The van der Waals surface area contributed by atoms with Crippen LogP contribution in [0.4, 0.5) is 0 Å². The van der Waals surface area contributed by atoms with Gasteiger partial charge in [-0.2, -0.15) is 0 Å². The summed E-state index contributed by atoms with van der Waals surface area (Å²) in [5, 5.41) is 2.04. The SMILES string of the molecule is O=C(c1ccccc1)C(CC(Sc1cccs1)c1ccccc1)C(=O)c1ccccc1. The summed E-state index contributed by atoms with van der Waals surface area (Å²) in [6.45, 7) is 0. The van der Waals surface area contributed by atoms with Gasteiger partial charge < -0.3 is 0 Å². The monoisotopic (exact) mass is 442 g/mol. The van der Waals surface area contributed by atoms with Gasteiger partial charge in [-0.3, -0.25) is 9.59 Å². The van der Waals surface area contributed by atoms with Gasteiger partial charge in [0.15, 0.2) is 11.6 Å². The number of carbonyl (C=O) groups is 2. The third-order valence-electron chi connectivity index (χ3n) is 5.12. The summed E-state index contributed by atoms with van der Waals surface area (Å²) in [4.78, 5) is 27.0. The molecule has 0 aliphatic carbocycles. The highest BCUT2D eigenvalue weighted by molar-refractivity contribution is 8.01. The number of thiophene rings is 1. The van der Waals surface area contributed by atoms with Crippen molar-refractivity contribution in [3.63, 3.8) is 0 Å². The van der Waals surface area contributed by atoms with Gasteiger partial charge in [-0.25, -0.2) is 0 Å². The lowest BCUT2D eigenvalue weighted by Gasteiger charge is -2.22. The maximum Gasteiger partial charge on any atom is 0.173 e. The van der Waals surface area contributed by atoms with Crippen LogP contribution in [-0.4, -0.2) is 11.6 Å². The van der Waals surface area contributed by atoms with Gasteiger partial charge in [0.1, 0.15) is 0 Å². The highest BCUT2D eigenvalue weighted by Gasteiger charge is 2.32. The molecule has 2 nitrogen and oxygen atoms in total. The lowest BCUT2D eigenvalue weighted by Crippen LogP contribution is -2.26. The molecule has 31 heavy (non-hydrogen) atoms. The summed E-state index contributed by atoms with van der Waals surface area (Å²) in [5.74, 6) is -0.994. The summed E-state index contributed by atoms with van der Waals surface area (Å²) in [7, 11) is 0. The zero-order valence-electron chi connectivity index (χ0n) is 16.9. The van der Waals surface area contributed by atoms with E-state index in [-0.39, 0.29) is 16.8 Å². The number of rotatable bonds is 9. The zero-order chi connectivity index (χ0) is 21.5. The van der Waals surface area contributed by atoms with Crippen molar-refractivity contribution in [3.8, 4) is 0 Å². The standard InChI is InChI=1S/C27H22O2S2/c28-26(21-13-6-2-7-14-21)23(27(29)22-15-8-3-9-16-22)19-24(20-11-4-1-5-12-20)31-25-17-10-18-30-25/h1-18,23-24H,19H2. The molecule has 4 rings (SSSR count). The first-order chi connectivity index (χ1) is 15.2. The van der Waals surface area contributed by atoms with Crippen LogP contribution in [0, 0.1) is 5.92 Å². The minimum atomic E-state index is -0.748. The van der Waals surface area contributed by atoms with E-state index in [4.69, 9.17) is 0 Å². The molecule has 0 aliphatic heterocycles. The van der Waals surface area contributed by atoms with E-state index < -0.39 is 5.92 Å². The average molecular weight is 443 g/mol. The van der Waals surface area contributed by atoms with Crippen LogP contribution in [-0.2, 0) is 0 Å². The van der Waals surface area contributed by atoms with Crippen molar-refractivity contribution >= 4 is 34.7 Å². The number of hydrogen-bond acceptors (Lipinski definition) is 4. The predicted octanol–water partition coefficient (Wildman–Crippen LogP) is 7.35. The maximum absolute atomic E-state index is 13.5. The number of carbonyl (C=O) groups excluding carboxylic acids is 2. The van der Waals surface area contributed by atoms with Crippen LogP contribution in [0.3, 0.4) is 0 Å². The largest absolute Gasteiger partial charge is 0.293 e. The number of hydrogen-bond donors (Lipinski definition) is 0. The first kappa shape index (κ1) is 21.3. The van der Waals surface area contributed by atoms with E-state index in [9.17, 15) is 9.59 Å². The van der Waals surface area contributed by atoms with Crippen LogP contribution < -0.4 is 0 Å². The fourth-order valence-corrected chi connectivity index (χ4v) is 5.75. The van der Waals surface area contributed by atoms with Crippen LogP contribution in [0.2, 0.25) is 0 Å². The minimum Gasteiger partial charge on any atom is -0.293 e. The van der Waals surface area contributed by atoms with Gasteiger partial charge in [0.2, 0.25) is 0 Å². The van der Waals surface area contributed by atoms with E-state index in [0.717, 1.165) is 5.56 Å². The Hall–Kier alpha value is -2.95. The molecule has 1 atom stereocenters. The molecular formula is C27H22O2S2. The number of benzene rings is 3. The zero-order valence-corrected chi connectivity index (χ0v) is 18.5. The Balaban J connectivity index is 1.70. The van der Waals surface area contributed by atoms with Gasteiger partial charge >= 0.3 is 0 Å². The summed E-state index contributed by atoms with van der Waals surface area (Å²) >= 11 is 3.39. The van der Waals surface area contributed by atoms with Gasteiger partial charge in [-0.15, -0.1) is 23.1 Å². The van der Waals surface area contributed by atoms with Crippen molar-refractivity contribution in [2.45, 2.75) is 15.9 Å². The van der Waals surface area contributed by atoms with Gasteiger partial charge in [0.05, 0.1) is 10.1 Å². The Morgan fingerprint density at radius 1 is 0.677 bits per heavy atom. The molecule has 1 unspecified atom stereocenters. The Morgan fingerprint density at radius 2 is 1.19 bits per heavy atom. The summed E-state index contributed by atoms with van der Waals surface area (Å²) < 4.78 is 1.17. The maximum atomic E-state index is 13.5. The average Bonchev–Trinajstić information content (AvgIpc) is 3.36. The predicted molar refractivity (Wildman–Crippen MR) is 129 cm³/mol. The van der Waals surface area contributed by atoms with Gasteiger partial charge in [-0.1, -0.05) is 97.1 Å². The Labute approximate surface area is 191 Å². The molecule has 3 aromatic carbocycles. The molecule has 0 saturated heterocycles. The molecule has 4 heteroatoms. The van der Waals surface area contributed by atoms with E-state index in [1.54, 1.807) is 47.4 Å². The third kappa shape index (κ3) is 5.40. The lowest BCUT2D eigenvalue weighted by molar-refractivity contribution is 0.0799. The number of thioether (sulfide) groups is 1. The number of Topliss-reactive ketones (excluding diaryl/α,β-unsaturated/α-hetero) is 2. The summed E-state index contributed by atoms with van der Waals surface area (Å²) in [5.41, 5.74) is 2.27. The molecule has 0 aliphatic rings. The molecule has 0 spiro atoms. The van der Waals surface area contributed by atoms with Crippen molar-refractivity contribution in [1.29, 1.82) is 0 Å². The summed E-state index contributed by atoms with van der Waals surface area (Å²) in [6.07, 6.45) is 0.439. The van der Waals surface area contributed by atoms with E-state index in [1.807, 2.05) is 66.0 Å². The Morgan fingerprint density at radius 3 is 1.68 bits per heavy atom. The van der Waals surface area contributed by atoms with Crippen molar-refractivity contribution < 1.29 is 9.59 Å². The van der Waals surface area contributed by atoms with Crippen molar-refractivity contribution in [2.24, 2.45) is 5.92 Å². The molecule has 1 heterocycles. The molecule has 4 aromatic rings. The molecule has 1 aromatic heterocycles. The van der Waals surface area contributed by atoms with Gasteiger partial charge in [0.25, 0.3) is 0 Å². The quantitative estimate of drug-likeness (QED) is 0.154. The molecule has 0 saturated carbocycles. The molecule has 0 amide bonds. The summed E-state index contributed by atoms with van der Waals surface area (Å²) in [6, 6.07) is 32.5. The van der Waals surface area contributed by atoms with Gasteiger partial charge in [0, 0.05) is 16.4 Å². The second kappa shape index (κ2) is 10.4. The molecule has 0 radical (unpaired) electrons. The van der Waals surface area contributed by atoms with E-state index in [0.29, 0.717) is 17.5 Å². The minimum absolute atomic E-state index is 0.00910. The smallest absolute Gasteiger partial charge is 0.173 e. The second-order valence-electron chi connectivity index (χ2n) is 7.20. The molecule has 154 valence electrons. The molecular weight excluding hydrogens is 420 g/mol. The topological polar surface area (TPSA) is 34.1 Å². The molecule has 0 N–H and O–H groups in total. The van der Waals surface area contributed by atoms with Crippen molar-refractivity contribution in [1.82, 2.24) is 0 Å². The van der Waals surface area contributed by atoms with E-state index in [2.05, 4.69) is 18.2 Å². The van der Waals surface area contributed by atoms with Crippen molar-refractivity contribution in [2.75, 3.05) is 0 Å². The fraction of sp³-hybridized carbons (Fsp3) is 0.111. The molecule has 0 fully saturated rings. The highest BCUT2D eigenvalue weighted by atomic mass is 32.2. The molecule has 0 bridgehead atoms.